The molecule has 11 heteroatoms. The van der Waals surface area contributed by atoms with Gasteiger partial charge >= 0.3 is 10.1 Å². The fraction of sp³-hybridized carbons (Fsp3) is 0.214. The molecule has 2 N–H and O–H groups in total. The second-order valence-electron chi connectivity index (χ2n) is 4.93. The topological polar surface area (TPSA) is 133 Å². The number of thioether (sulfide) groups is 1. The Hall–Kier alpha value is -2.53. The number of carbonyl (C=O) groups excluding carboxylic acids is 3. The lowest BCUT2D eigenvalue weighted by Gasteiger charge is -2.10. The van der Waals surface area contributed by atoms with E-state index in [2.05, 4.69) is 0 Å². The summed E-state index contributed by atoms with van der Waals surface area (Å²) in [6.07, 6.45) is 2.31. The fourth-order valence-corrected chi connectivity index (χ4v) is 3.25. The molecule has 3 amide bonds. The number of rotatable bonds is 6. The van der Waals surface area contributed by atoms with Crippen LogP contribution in [0.15, 0.2) is 23.1 Å². The molecule has 0 spiro atoms. The lowest BCUT2D eigenvalue weighted by Crippen LogP contribution is -2.36. The first kappa shape index (κ1) is 18.8. The molecule has 0 unspecified atom stereocenters. The highest BCUT2D eigenvalue weighted by atomic mass is 32.2. The van der Waals surface area contributed by atoms with Crippen molar-refractivity contribution >= 4 is 45.0 Å². The maximum absolute atomic E-state index is 12.1. The molecule has 134 valence electrons. The lowest BCUT2D eigenvalue weighted by molar-refractivity contribution is -0.127. The standard InChI is InChI=1S/C14H14N2O7S2/c1-22-10-5-8(3-4-9(10)23-25(2,20)21)6-11-13(18)16(7-12(15)17)14(19)24-11/h3-6H,7H2,1-2H3,(H2,15,17)/b11-6-. The van der Waals surface area contributed by atoms with E-state index in [4.69, 9.17) is 14.7 Å². The van der Waals surface area contributed by atoms with Crippen molar-refractivity contribution in [3.63, 3.8) is 0 Å². The Labute approximate surface area is 147 Å². The second-order valence-corrected chi connectivity index (χ2v) is 7.50. The van der Waals surface area contributed by atoms with Crippen molar-refractivity contribution in [3.8, 4) is 11.5 Å². The van der Waals surface area contributed by atoms with Crippen LogP contribution in [0.25, 0.3) is 6.08 Å². The molecule has 1 aliphatic rings. The Morgan fingerprint density at radius 3 is 2.56 bits per heavy atom. The van der Waals surface area contributed by atoms with Crippen molar-refractivity contribution in [2.24, 2.45) is 5.73 Å². The summed E-state index contributed by atoms with van der Waals surface area (Å²) in [5, 5.41) is -0.598. The van der Waals surface area contributed by atoms with Crippen LogP contribution < -0.4 is 14.7 Å². The van der Waals surface area contributed by atoms with Gasteiger partial charge in [-0.2, -0.15) is 8.42 Å². The minimum Gasteiger partial charge on any atom is -0.493 e. The number of imide groups is 1. The summed E-state index contributed by atoms with van der Waals surface area (Å²) in [4.78, 5) is 35.7. The van der Waals surface area contributed by atoms with Gasteiger partial charge in [0.25, 0.3) is 11.1 Å². The largest absolute Gasteiger partial charge is 0.493 e. The molecule has 2 rings (SSSR count). The third-order valence-corrected chi connectivity index (χ3v) is 4.30. The van der Waals surface area contributed by atoms with Crippen LogP contribution in [0.4, 0.5) is 4.79 Å². The number of ether oxygens (including phenoxy) is 1. The summed E-state index contributed by atoms with van der Waals surface area (Å²) < 4.78 is 32.3. The van der Waals surface area contributed by atoms with Gasteiger partial charge in [0, 0.05) is 0 Å². The quantitative estimate of drug-likeness (QED) is 0.554. The highest BCUT2D eigenvalue weighted by Crippen LogP contribution is 2.34. The molecular weight excluding hydrogens is 372 g/mol. The van der Waals surface area contributed by atoms with Crippen LogP contribution in [0.2, 0.25) is 0 Å². The van der Waals surface area contributed by atoms with Gasteiger partial charge in [0.15, 0.2) is 11.5 Å². The van der Waals surface area contributed by atoms with Gasteiger partial charge in [-0.15, -0.1) is 0 Å². The van der Waals surface area contributed by atoms with E-state index in [0.717, 1.165) is 11.2 Å². The zero-order valence-corrected chi connectivity index (χ0v) is 14.8. The van der Waals surface area contributed by atoms with Gasteiger partial charge in [-0.1, -0.05) is 6.07 Å². The van der Waals surface area contributed by atoms with E-state index in [-0.39, 0.29) is 16.4 Å². The first-order chi connectivity index (χ1) is 11.6. The predicted octanol–water partition coefficient (Wildman–Crippen LogP) is 0.555. The average Bonchev–Trinajstić information content (AvgIpc) is 2.74. The summed E-state index contributed by atoms with van der Waals surface area (Å²) >= 11 is 0.669. The molecule has 1 aromatic rings. The maximum Gasteiger partial charge on any atom is 0.306 e. The van der Waals surface area contributed by atoms with Crippen molar-refractivity contribution in [1.82, 2.24) is 4.90 Å². The van der Waals surface area contributed by atoms with E-state index in [0.29, 0.717) is 17.3 Å². The maximum atomic E-state index is 12.1. The van der Waals surface area contributed by atoms with Gasteiger partial charge in [0.2, 0.25) is 5.91 Å². The fourth-order valence-electron chi connectivity index (χ4n) is 1.95. The first-order valence-electron chi connectivity index (χ1n) is 6.72. The SMILES string of the molecule is COc1cc(/C=C2\SC(=O)N(CC(N)=O)C2=O)ccc1OS(C)(=O)=O. The van der Waals surface area contributed by atoms with Gasteiger partial charge in [-0.05, 0) is 35.5 Å². The summed E-state index contributed by atoms with van der Waals surface area (Å²) in [6, 6.07) is 4.30. The zero-order chi connectivity index (χ0) is 18.8. The molecule has 1 heterocycles. The second kappa shape index (κ2) is 7.15. The van der Waals surface area contributed by atoms with Crippen LogP contribution in [-0.2, 0) is 19.7 Å². The number of amides is 3. The smallest absolute Gasteiger partial charge is 0.306 e. The Bertz CT molecular complexity index is 877. The van der Waals surface area contributed by atoms with Gasteiger partial charge < -0.3 is 14.7 Å². The predicted molar refractivity (Wildman–Crippen MR) is 90.3 cm³/mol. The van der Waals surface area contributed by atoms with E-state index < -0.39 is 33.7 Å². The van der Waals surface area contributed by atoms with Crippen molar-refractivity contribution in [2.45, 2.75) is 0 Å². The molecule has 0 saturated carbocycles. The van der Waals surface area contributed by atoms with E-state index in [9.17, 15) is 22.8 Å². The first-order valence-corrected chi connectivity index (χ1v) is 9.35. The highest BCUT2D eigenvalue weighted by molar-refractivity contribution is 8.18. The van der Waals surface area contributed by atoms with Crippen LogP contribution in [0.5, 0.6) is 11.5 Å². The van der Waals surface area contributed by atoms with Gasteiger partial charge in [0.1, 0.15) is 6.54 Å². The van der Waals surface area contributed by atoms with Gasteiger partial charge in [-0.3, -0.25) is 19.3 Å². The number of hydrogen-bond acceptors (Lipinski definition) is 8. The minimum absolute atomic E-state index is 0.0102. The molecule has 0 radical (unpaired) electrons. The molecular formula is C14H14N2O7S2. The van der Waals surface area contributed by atoms with Crippen molar-refractivity contribution in [3.05, 3.63) is 28.7 Å². The number of benzene rings is 1. The number of methoxy groups -OCH3 is 1. The Morgan fingerprint density at radius 2 is 2.00 bits per heavy atom. The van der Waals surface area contributed by atoms with E-state index in [1.807, 2.05) is 0 Å². The van der Waals surface area contributed by atoms with E-state index in [1.54, 1.807) is 0 Å². The monoisotopic (exact) mass is 386 g/mol. The van der Waals surface area contributed by atoms with Crippen molar-refractivity contribution < 1.29 is 31.7 Å². The van der Waals surface area contributed by atoms with Crippen molar-refractivity contribution in [1.29, 1.82) is 0 Å². The third-order valence-electron chi connectivity index (χ3n) is 2.91. The Morgan fingerprint density at radius 1 is 1.32 bits per heavy atom. The van der Waals surface area contributed by atoms with E-state index in [1.165, 1.54) is 31.4 Å². The molecule has 25 heavy (non-hydrogen) atoms. The number of hydrogen-bond donors (Lipinski definition) is 1. The summed E-state index contributed by atoms with van der Waals surface area (Å²) in [7, 11) is -2.40. The summed E-state index contributed by atoms with van der Waals surface area (Å²) in [5.74, 6) is -1.31. The normalized spacial score (nSPS) is 16.4. The average molecular weight is 386 g/mol. The van der Waals surface area contributed by atoms with Crippen LogP contribution >= 0.6 is 11.8 Å². The zero-order valence-electron chi connectivity index (χ0n) is 13.2. The van der Waals surface area contributed by atoms with Crippen LogP contribution in [-0.4, -0.2) is 50.3 Å². The van der Waals surface area contributed by atoms with Gasteiger partial charge in [-0.25, -0.2) is 0 Å². The molecule has 9 nitrogen and oxygen atoms in total. The van der Waals surface area contributed by atoms with Crippen LogP contribution in [0.3, 0.4) is 0 Å². The molecule has 1 fully saturated rings. The van der Waals surface area contributed by atoms with Gasteiger partial charge in [0.05, 0.1) is 18.3 Å². The highest BCUT2D eigenvalue weighted by Gasteiger charge is 2.35. The molecule has 0 aliphatic carbocycles. The lowest BCUT2D eigenvalue weighted by atomic mass is 10.2. The number of carbonyl (C=O) groups is 3. The number of primary amides is 1. The minimum atomic E-state index is -3.73. The van der Waals surface area contributed by atoms with Crippen LogP contribution in [0.1, 0.15) is 5.56 Å². The molecule has 0 bridgehead atoms. The van der Waals surface area contributed by atoms with E-state index >= 15 is 0 Å². The third kappa shape index (κ3) is 4.73. The number of nitrogens with zero attached hydrogens (tertiary/aromatic N) is 1. The Balaban J connectivity index is 2.31. The molecule has 1 aliphatic heterocycles. The van der Waals surface area contributed by atoms with Crippen LogP contribution in [0, 0.1) is 0 Å². The number of nitrogens with two attached hydrogens (primary N) is 1. The van der Waals surface area contributed by atoms with Crippen molar-refractivity contribution in [2.75, 3.05) is 19.9 Å². The molecule has 1 saturated heterocycles. The summed E-state index contributed by atoms with van der Waals surface area (Å²) in [6.45, 7) is -0.494. The Kier molecular flexibility index (Phi) is 5.38. The summed E-state index contributed by atoms with van der Waals surface area (Å²) in [5.41, 5.74) is 5.48. The molecule has 0 aromatic heterocycles. The molecule has 0 atom stereocenters. The molecule has 1 aromatic carbocycles.